The fraction of sp³-hybridized carbons (Fsp3) is 0.429. The van der Waals surface area contributed by atoms with Crippen LogP contribution in [0.5, 0.6) is 0 Å². The van der Waals surface area contributed by atoms with Crippen LogP contribution in [0.1, 0.15) is 5.56 Å². The molecule has 1 aromatic carbocycles. The maximum Gasteiger partial charge on any atom is 0.416 e. The lowest BCUT2D eigenvalue weighted by Crippen LogP contribution is -2.37. The van der Waals surface area contributed by atoms with Crippen molar-refractivity contribution in [2.45, 2.75) is 17.5 Å². The number of thioether (sulfide) groups is 1. The number of aliphatic imine (C=N–C) groups is 1. The summed E-state index contributed by atoms with van der Waals surface area (Å²) in [5.41, 5.74) is -0.713. The minimum atomic E-state index is -4.53. The molecule has 0 aromatic heterocycles. The summed E-state index contributed by atoms with van der Waals surface area (Å²) in [6.45, 7) is 0. The predicted octanol–water partition coefficient (Wildman–Crippen LogP) is 2.55. The molecule has 0 bridgehead atoms. The lowest BCUT2D eigenvalue weighted by Gasteiger charge is -2.25. The van der Waals surface area contributed by atoms with Crippen molar-refractivity contribution >= 4 is 50.0 Å². The fourth-order valence-corrected chi connectivity index (χ4v) is 6.83. The van der Waals surface area contributed by atoms with Crippen LogP contribution in [-0.2, 0) is 20.8 Å². The molecule has 25 heavy (non-hydrogen) atoms. The van der Waals surface area contributed by atoms with E-state index in [0.29, 0.717) is 0 Å². The van der Waals surface area contributed by atoms with Crippen LogP contribution < -0.4 is 4.90 Å². The van der Waals surface area contributed by atoms with E-state index in [4.69, 9.17) is 11.6 Å². The average molecular weight is 413 g/mol. The molecule has 0 N–H and O–H groups in total. The van der Waals surface area contributed by atoms with Crippen LogP contribution in [0.2, 0.25) is 0 Å². The van der Waals surface area contributed by atoms with Crippen LogP contribution >= 0.6 is 23.4 Å². The summed E-state index contributed by atoms with van der Waals surface area (Å²) in [5.74, 6) is -1.31. The molecule has 0 spiro atoms. The molecule has 0 unspecified atom stereocenters. The van der Waals surface area contributed by atoms with E-state index in [1.165, 1.54) is 17.0 Å². The molecule has 2 atom stereocenters. The Kier molecular flexibility index (Phi) is 4.80. The minimum Gasteiger partial charge on any atom is -0.316 e. The van der Waals surface area contributed by atoms with E-state index in [9.17, 15) is 26.4 Å². The van der Waals surface area contributed by atoms with Crippen LogP contribution in [0.4, 0.5) is 18.9 Å². The lowest BCUT2D eigenvalue weighted by atomic mass is 10.1. The van der Waals surface area contributed by atoms with Crippen molar-refractivity contribution < 1.29 is 26.4 Å². The molecule has 1 aromatic rings. The zero-order chi connectivity index (χ0) is 18.4. The number of carbonyl (C=O) groups excluding carboxylic acids is 1. The molecule has 0 aliphatic carbocycles. The number of rotatable bonds is 2. The lowest BCUT2D eigenvalue weighted by molar-refractivity contribution is -0.137. The average Bonchev–Trinajstić information content (AvgIpc) is 2.97. The highest BCUT2D eigenvalue weighted by molar-refractivity contribution is 8.16. The summed E-state index contributed by atoms with van der Waals surface area (Å²) in [5, 5.41) is -0.212. The second-order valence-electron chi connectivity index (χ2n) is 5.64. The van der Waals surface area contributed by atoms with Crippen molar-refractivity contribution in [2.75, 3.05) is 22.3 Å². The van der Waals surface area contributed by atoms with Gasteiger partial charge in [-0.05, 0) is 18.2 Å². The number of anilines is 1. The summed E-state index contributed by atoms with van der Waals surface area (Å²) < 4.78 is 62.7. The van der Waals surface area contributed by atoms with E-state index in [-0.39, 0.29) is 33.5 Å². The quantitative estimate of drug-likeness (QED) is 0.698. The molecule has 136 valence electrons. The van der Waals surface area contributed by atoms with Crippen LogP contribution in [0, 0.1) is 0 Å². The van der Waals surface area contributed by atoms with Gasteiger partial charge in [-0.2, -0.15) is 18.2 Å². The Labute approximate surface area is 151 Å². The largest absolute Gasteiger partial charge is 0.416 e. The monoisotopic (exact) mass is 412 g/mol. The number of amides is 1. The summed E-state index contributed by atoms with van der Waals surface area (Å²) in [6, 6.07) is 3.95. The van der Waals surface area contributed by atoms with Crippen LogP contribution in [0.25, 0.3) is 0 Å². The third kappa shape index (κ3) is 3.80. The van der Waals surface area contributed by atoms with Gasteiger partial charge < -0.3 is 4.90 Å². The van der Waals surface area contributed by atoms with Gasteiger partial charge in [-0.3, -0.25) is 4.79 Å². The zero-order valence-corrected chi connectivity index (χ0v) is 14.9. The third-order valence-electron chi connectivity index (χ3n) is 3.85. The van der Waals surface area contributed by atoms with E-state index in [2.05, 4.69) is 4.99 Å². The van der Waals surface area contributed by atoms with E-state index >= 15 is 0 Å². The minimum absolute atomic E-state index is 0.105. The summed E-state index contributed by atoms with van der Waals surface area (Å²) in [4.78, 5) is 16.8. The Morgan fingerprint density at radius 3 is 2.72 bits per heavy atom. The first-order valence-corrected chi connectivity index (χ1v) is 10.4. The molecule has 0 radical (unpaired) electrons. The molecule has 2 aliphatic rings. The van der Waals surface area contributed by atoms with E-state index in [0.717, 1.165) is 23.9 Å². The number of carbonyl (C=O) groups is 1. The number of nitrogens with zero attached hydrogens (tertiary/aromatic N) is 2. The fourth-order valence-electron chi connectivity index (χ4n) is 2.84. The number of hydrogen-bond donors (Lipinski definition) is 0. The topological polar surface area (TPSA) is 66.8 Å². The van der Waals surface area contributed by atoms with Crippen molar-refractivity contribution in [1.82, 2.24) is 0 Å². The van der Waals surface area contributed by atoms with E-state index in [1.54, 1.807) is 0 Å². The Morgan fingerprint density at radius 2 is 2.08 bits per heavy atom. The summed E-state index contributed by atoms with van der Waals surface area (Å²) >= 11 is 6.53. The van der Waals surface area contributed by atoms with Gasteiger partial charge in [0.05, 0.1) is 23.1 Å². The first-order chi connectivity index (χ1) is 11.6. The van der Waals surface area contributed by atoms with Gasteiger partial charge in [-0.25, -0.2) is 8.42 Å². The van der Waals surface area contributed by atoms with Crippen molar-refractivity contribution in [2.24, 2.45) is 4.99 Å². The molecule has 5 nitrogen and oxygen atoms in total. The van der Waals surface area contributed by atoms with Crippen molar-refractivity contribution in [3.63, 3.8) is 0 Å². The number of alkyl halides is 4. The molecule has 2 fully saturated rings. The Morgan fingerprint density at radius 1 is 1.36 bits per heavy atom. The van der Waals surface area contributed by atoms with Gasteiger partial charge >= 0.3 is 6.18 Å². The number of hydrogen-bond acceptors (Lipinski definition) is 4. The normalized spacial score (nSPS) is 26.9. The molecular weight excluding hydrogens is 401 g/mol. The number of fused-ring (bicyclic) bond motifs is 1. The van der Waals surface area contributed by atoms with Crippen LogP contribution in [-0.4, -0.2) is 48.2 Å². The Bertz CT molecular complexity index is 842. The Balaban J connectivity index is 2.05. The third-order valence-corrected chi connectivity index (χ3v) is 7.29. The molecule has 2 heterocycles. The molecule has 2 saturated heterocycles. The molecule has 3 rings (SSSR count). The van der Waals surface area contributed by atoms with Crippen molar-refractivity contribution in [3.05, 3.63) is 29.8 Å². The maximum atomic E-state index is 13.0. The Hall–Kier alpha value is -1.26. The smallest absolute Gasteiger partial charge is 0.316 e. The van der Waals surface area contributed by atoms with Gasteiger partial charge in [0, 0.05) is 10.9 Å². The molecule has 2 aliphatic heterocycles. The molecule has 1 amide bonds. The van der Waals surface area contributed by atoms with Crippen molar-refractivity contribution in [3.8, 4) is 0 Å². The van der Waals surface area contributed by atoms with Crippen molar-refractivity contribution in [1.29, 1.82) is 0 Å². The predicted molar refractivity (Wildman–Crippen MR) is 90.9 cm³/mol. The highest BCUT2D eigenvalue weighted by Gasteiger charge is 2.49. The van der Waals surface area contributed by atoms with Gasteiger partial charge in [0.2, 0.25) is 0 Å². The molecule has 0 saturated carbocycles. The SMILES string of the molecule is O=C(CCl)N=C1S[C@H]2CS(=O)(=O)C[C@H]2N1c1cccc(C(F)(F)F)c1. The highest BCUT2D eigenvalue weighted by atomic mass is 35.5. The highest BCUT2D eigenvalue weighted by Crippen LogP contribution is 2.42. The van der Waals surface area contributed by atoms with Gasteiger partial charge in [-0.15, -0.1) is 11.6 Å². The number of amidine groups is 1. The second-order valence-corrected chi connectivity index (χ2v) is 9.27. The number of benzene rings is 1. The standard InChI is InChI=1S/C14H12ClF3N2O3S2/c15-5-12(21)19-13-20(10-6-25(22,23)7-11(10)24-13)9-3-1-2-8(4-9)14(16,17)18/h1-4,10-11H,5-7H2/t10-,11+/m1/s1. The van der Waals surface area contributed by atoms with Gasteiger partial charge in [0.25, 0.3) is 5.91 Å². The van der Waals surface area contributed by atoms with E-state index in [1.807, 2.05) is 0 Å². The number of sulfone groups is 1. The van der Waals surface area contributed by atoms with Gasteiger partial charge in [-0.1, -0.05) is 17.8 Å². The second kappa shape index (κ2) is 6.48. The van der Waals surface area contributed by atoms with Gasteiger partial charge in [0.15, 0.2) is 15.0 Å². The maximum absolute atomic E-state index is 13.0. The first kappa shape index (κ1) is 18.5. The van der Waals surface area contributed by atoms with Crippen LogP contribution in [0.3, 0.4) is 0 Å². The van der Waals surface area contributed by atoms with E-state index < -0.39 is 33.5 Å². The zero-order valence-electron chi connectivity index (χ0n) is 12.5. The molecule has 11 heteroatoms. The first-order valence-electron chi connectivity index (χ1n) is 7.12. The van der Waals surface area contributed by atoms with Gasteiger partial charge in [0.1, 0.15) is 5.88 Å². The molecular formula is C14H12ClF3N2O3S2. The van der Waals surface area contributed by atoms with Crippen LogP contribution in [0.15, 0.2) is 29.3 Å². The number of halogens is 4. The summed E-state index contributed by atoms with van der Waals surface area (Å²) in [6.07, 6.45) is -4.53. The summed E-state index contributed by atoms with van der Waals surface area (Å²) in [7, 11) is -3.29.